The highest BCUT2D eigenvalue weighted by Crippen LogP contribution is 2.38. The van der Waals surface area contributed by atoms with Gasteiger partial charge in [0.25, 0.3) is 0 Å². The molecule has 4 rings (SSSR count). The van der Waals surface area contributed by atoms with Crippen LogP contribution in [0.2, 0.25) is 0 Å². The third-order valence-electron chi connectivity index (χ3n) is 4.88. The third kappa shape index (κ3) is 2.34. The predicted molar refractivity (Wildman–Crippen MR) is 98.8 cm³/mol. The Hall–Kier alpha value is -1.88. The average molecular weight is 386 g/mol. The molecule has 1 aliphatic rings. The van der Waals surface area contributed by atoms with Crippen molar-refractivity contribution in [3.8, 4) is 5.88 Å². The zero-order valence-electron chi connectivity index (χ0n) is 14.1. The first kappa shape index (κ1) is 15.6. The highest BCUT2D eigenvalue weighted by atomic mass is 79.9. The molecule has 1 aliphatic carbocycles. The molecule has 2 heterocycles. The third-order valence-corrected chi connectivity index (χ3v) is 5.37. The molecule has 4 nitrogen and oxygen atoms in total. The van der Waals surface area contributed by atoms with Crippen molar-refractivity contribution in [3.63, 3.8) is 0 Å². The first-order valence-electron chi connectivity index (χ1n) is 8.33. The van der Waals surface area contributed by atoms with Gasteiger partial charge in [0.15, 0.2) is 5.65 Å². The van der Waals surface area contributed by atoms with Crippen LogP contribution in [-0.2, 0) is 12.8 Å². The Labute approximate surface area is 150 Å². The molecule has 0 amide bonds. The Balaban J connectivity index is 1.96. The summed E-state index contributed by atoms with van der Waals surface area (Å²) in [5.41, 5.74) is 5.83. The van der Waals surface area contributed by atoms with Gasteiger partial charge < -0.3 is 9.30 Å². The number of benzene rings is 1. The molecule has 24 heavy (non-hydrogen) atoms. The Morgan fingerprint density at radius 2 is 2.12 bits per heavy atom. The van der Waals surface area contributed by atoms with E-state index in [-0.39, 0.29) is 0 Å². The smallest absolute Gasteiger partial charge is 0.215 e. The maximum atomic E-state index is 5.39. The number of aromatic nitrogens is 3. The van der Waals surface area contributed by atoms with Crippen molar-refractivity contribution in [3.05, 3.63) is 51.3 Å². The molecular weight excluding hydrogens is 366 g/mol. The van der Waals surface area contributed by atoms with Crippen LogP contribution in [0, 0.1) is 6.92 Å². The van der Waals surface area contributed by atoms with Crippen LogP contribution in [0.4, 0.5) is 0 Å². The molecule has 1 aromatic carbocycles. The average Bonchev–Trinajstić information content (AvgIpc) is 3.14. The molecule has 0 bridgehead atoms. The van der Waals surface area contributed by atoms with Gasteiger partial charge in [-0.2, -0.15) is 4.98 Å². The number of halogens is 1. The summed E-state index contributed by atoms with van der Waals surface area (Å²) in [7, 11) is 1.66. The number of fused-ring (bicyclic) bond motifs is 2. The maximum Gasteiger partial charge on any atom is 0.215 e. The number of nitrogens with zero attached hydrogens (tertiary/aromatic N) is 3. The first-order valence-corrected chi connectivity index (χ1v) is 9.12. The van der Waals surface area contributed by atoms with Gasteiger partial charge in [0.05, 0.1) is 13.2 Å². The summed E-state index contributed by atoms with van der Waals surface area (Å²) in [6, 6.07) is 8.85. The normalized spacial score (nSPS) is 16.6. The molecule has 0 saturated carbocycles. The Morgan fingerprint density at radius 1 is 1.29 bits per heavy atom. The van der Waals surface area contributed by atoms with Gasteiger partial charge >= 0.3 is 0 Å². The van der Waals surface area contributed by atoms with E-state index < -0.39 is 0 Å². The van der Waals surface area contributed by atoms with Gasteiger partial charge in [0, 0.05) is 17.0 Å². The lowest BCUT2D eigenvalue weighted by Crippen LogP contribution is -2.11. The summed E-state index contributed by atoms with van der Waals surface area (Å²) >= 11 is 3.58. The van der Waals surface area contributed by atoms with Crippen molar-refractivity contribution in [2.75, 3.05) is 7.11 Å². The molecule has 1 atom stereocenters. The Kier molecular flexibility index (Phi) is 3.83. The number of hydrogen-bond donors (Lipinski definition) is 0. The van der Waals surface area contributed by atoms with Gasteiger partial charge in [0.2, 0.25) is 5.88 Å². The van der Waals surface area contributed by atoms with Crippen molar-refractivity contribution in [2.45, 2.75) is 39.2 Å². The molecule has 2 aromatic heterocycles. The zero-order valence-corrected chi connectivity index (χ0v) is 15.7. The molecule has 0 saturated heterocycles. The maximum absolute atomic E-state index is 5.39. The number of imidazole rings is 1. The van der Waals surface area contributed by atoms with E-state index in [9.17, 15) is 0 Å². The van der Waals surface area contributed by atoms with Crippen molar-refractivity contribution in [2.24, 2.45) is 0 Å². The fourth-order valence-corrected chi connectivity index (χ4v) is 4.15. The molecule has 0 radical (unpaired) electrons. The van der Waals surface area contributed by atoms with Crippen LogP contribution in [0.25, 0.3) is 11.2 Å². The molecule has 0 N–H and O–H groups in total. The fraction of sp³-hybridized carbons (Fsp3) is 0.368. The van der Waals surface area contributed by atoms with Gasteiger partial charge in [0.1, 0.15) is 11.3 Å². The van der Waals surface area contributed by atoms with Crippen molar-refractivity contribution < 1.29 is 4.74 Å². The van der Waals surface area contributed by atoms with Crippen LogP contribution in [0.1, 0.15) is 41.9 Å². The monoisotopic (exact) mass is 385 g/mol. The number of methoxy groups -OCH3 is 1. The lowest BCUT2D eigenvalue weighted by molar-refractivity contribution is 0.398. The number of rotatable bonds is 3. The van der Waals surface area contributed by atoms with Gasteiger partial charge in [-0.05, 0) is 48.6 Å². The molecule has 0 aliphatic heterocycles. The quantitative estimate of drug-likeness (QED) is 0.660. The van der Waals surface area contributed by atoms with E-state index in [1.54, 1.807) is 7.11 Å². The molecule has 5 heteroatoms. The molecular formula is C19H20BrN3O. The SMILES string of the molecule is CCc1nc2c(C)cc(OC)nc2n1[C@H]1CCc2cc(Br)ccc21. The second kappa shape index (κ2) is 5.88. The van der Waals surface area contributed by atoms with E-state index in [1.807, 2.05) is 6.07 Å². The van der Waals surface area contributed by atoms with E-state index in [0.717, 1.165) is 46.3 Å². The minimum absolute atomic E-state index is 0.298. The summed E-state index contributed by atoms with van der Waals surface area (Å²) in [4.78, 5) is 9.60. The summed E-state index contributed by atoms with van der Waals surface area (Å²) in [5.74, 6) is 1.74. The Morgan fingerprint density at radius 3 is 2.88 bits per heavy atom. The van der Waals surface area contributed by atoms with E-state index in [4.69, 9.17) is 14.7 Å². The van der Waals surface area contributed by atoms with Crippen LogP contribution >= 0.6 is 15.9 Å². The lowest BCUT2D eigenvalue weighted by atomic mass is 10.1. The molecule has 3 aromatic rings. The summed E-state index contributed by atoms with van der Waals surface area (Å²) in [6.07, 6.45) is 3.06. The van der Waals surface area contributed by atoms with E-state index in [2.05, 4.69) is 52.5 Å². The number of ether oxygens (including phenoxy) is 1. The molecule has 0 spiro atoms. The van der Waals surface area contributed by atoms with Gasteiger partial charge in [-0.1, -0.05) is 28.9 Å². The minimum Gasteiger partial charge on any atom is -0.481 e. The first-order chi connectivity index (χ1) is 11.6. The highest BCUT2D eigenvalue weighted by molar-refractivity contribution is 9.10. The predicted octanol–water partition coefficient (Wildman–Crippen LogP) is 4.61. The fourth-order valence-electron chi connectivity index (χ4n) is 3.74. The van der Waals surface area contributed by atoms with E-state index in [1.165, 1.54) is 11.1 Å². The summed E-state index contributed by atoms with van der Waals surface area (Å²) in [5, 5.41) is 0. The van der Waals surface area contributed by atoms with Crippen molar-refractivity contribution in [1.29, 1.82) is 0 Å². The molecule has 0 fully saturated rings. The summed E-state index contributed by atoms with van der Waals surface area (Å²) in [6.45, 7) is 4.23. The number of aryl methyl sites for hydroxylation is 3. The molecule has 0 unspecified atom stereocenters. The number of hydrogen-bond acceptors (Lipinski definition) is 3. The zero-order chi connectivity index (χ0) is 16.8. The van der Waals surface area contributed by atoms with Gasteiger partial charge in [-0.3, -0.25) is 0 Å². The van der Waals surface area contributed by atoms with Crippen LogP contribution in [0.3, 0.4) is 0 Å². The summed E-state index contributed by atoms with van der Waals surface area (Å²) < 4.78 is 8.86. The Bertz CT molecular complexity index is 932. The van der Waals surface area contributed by atoms with Crippen molar-refractivity contribution >= 4 is 27.1 Å². The number of pyridine rings is 1. The topological polar surface area (TPSA) is 39.9 Å². The van der Waals surface area contributed by atoms with Gasteiger partial charge in [-0.25, -0.2) is 4.98 Å². The van der Waals surface area contributed by atoms with Crippen LogP contribution in [0.5, 0.6) is 5.88 Å². The highest BCUT2D eigenvalue weighted by Gasteiger charge is 2.28. The minimum atomic E-state index is 0.298. The van der Waals surface area contributed by atoms with Gasteiger partial charge in [-0.15, -0.1) is 0 Å². The van der Waals surface area contributed by atoms with Crippen LogP contribution in [-0.4, -0.2) is 21.6 Å². The largest absolute Gasteiger partial charge is 0.481 e. The second-order valence-electron chi connectivity index (χ2n) is 6.30. The van der Waals surface area contributed by atoms with Crippen LogP contribution in [0.15, 0.2) is 28.7 Å². The van der Waals surface area contributed by atoms with E-state index >= 15 is 0 Å². The lowest BCUT2D eigenvalue weighted by Gasteiger charge is -2.17. The second-order valence-corrected chi connectivity index (χ2v) is 7.22. The standard InChI is InChI=1S/C19H20BrN3O/c1-4-16-21-18-11(2)9-17(24-3)22-19(18)23(16)15-8-5-12-10-13(20)6-7-14(12)15/h6-7,9-10,15H,4-5,8H2,1-3H3/t15-/m0/s1. The van der Waals surface area contributed by atoms with Crippen molar-refractivity contribution in [1.82, 2.24) is 14.5 Å². The van der Waals surface area contributed by atoms with Crippen LogP contribution < -0.4 is 4.74 Å². The molecule has 124 valence electrons. The van der Waals surface area contributed by atoms with E-state index in [0.29, 0.717) is 11.9 Å².